The van der Waals surface area contributed by atoms with Gasteiger partial charge in [0.15, 0.2) is 0 Å². The number of para-hydroxylation sites is 1. The van der Waals surface area contributed by atoms with Crippen molar-refractivity contribution >= 4 is 16.9 Å². The summed E-state index contributed by atoms with van der Waals surface area (Å²) in [4.78, 5) is 18.8. The monoisotopic (exact) mass is 313 g/mol. The van der Waals surface area contributed by atoms with E-state index < -0.39 is 0 Å². The molecule has 1 aromatic heterocycles. The molecular weight excluding hydrogens is 290 g/mol. The number of nitrogens with one attached hydrogen (secondary N) is 1. The van der Waals surface area contributed by atoms with Gasteiger partial charge in [0.1, 0.15) is 0 Å². The van der Waals surface area contributed by atoms with E-state index in [2.05, 4.69) is 10.3 Å². The minimum atomic E-state index is -0.0453. The molecule has 0 saturated carbocycles. The van der Waals surface area contributed by atoms with Crippen LogP contribution in [0.1, 0.15) is 31.2 Å². The number of urea groups is 1. The summed E-state index contributed by atoms with van der Waals surface area (Å²) in [5, 5.41) is 13.3. The number of rotatable bonds is 4. The summed E-state index contributed by atoms with van der Waals surface area (Å²) < 4.78 is 0. The van der Waals surface area contributed by atoms with Crippen LogP contribution in [0.3, 0.4) is 0 Å². The number of carbonyl (C=O) groups is 1. The van der Waals surface area contributed by atoms with Gasteiger partial charge in [-0.2, -0.15) is 0 Å². The van der Waals surface area contributed by atoms with Crippen LogP contribution in [0.25, 0.3) is 10.9 Å². The van der Waals surface area contributed by atoms with Gasteiger partial charge in [0, 0.05) is 37.3 Å². The second kappa shape index (κ2) is 7.42. The van der Waals surface area contributed by atoms with Crippen LogP contribution in [0, 0.1) is 0 Å². The molecule has 2 aromatic rings. The van der Waals surface area contributed by atoms with Crippen LogP contribution in [0.2, 0.25) is 0 Å². The number of carbonyl (C=O) groups excluding carboxylic acids is 1. The van der Waals surface area contributed by atoms with E-state index in [1.807, 2.05) is 35.2 Å². The van der Waals surface area contributed by atoms with E-state index in [0.717, 1.165) is 42.3 Å². The van der Waals surface area contributed by atoms with E-state index >= 15 is 0 Å². The molecule has 3 rings (SSSR count). The predicted octanol–water partition coefficient (Wildman–Crippen LogP) is 2.68. The van der Waals surface area contributed by atoms with Crippen molar-refractivity contribution in [3.8, 4) is 0 Å². The third-order valence-electron chi connectivity index (χ3n) is 4.50. The van der Waals surface area contributed by atoms with Gasteiger partial charge in [-0.3, -0.25) is 4.98 Å². The average Bonchev–Trinajstić information content (AvgIpc) is 2.60. The molecule has 0 spiro atoms. The van der Waals surface area contributed by atoms with Crippen molar-refractivity contribution in [2.45, 2.75) is 38.3 Å². The predicted molar refractivity (Wildman–Crippen MR) is 90.0 cm³/mol. The first-order valence-electron chi connectivity index (χ1n) is 8.27. The van der Waals surface area contributed by atoms with E-state index in [9.17, 15) is 9.90 Å². The normalized spacial score (nSPS) is 18.1. The van der Waals surface area contributed by atoms with Crippen molar-refractivity contribution in [2.24, 2.45) is 0 Å². The molecule has 1 aliphatic rings. The van der Waals surface area contributed by atoms with Gasteiger partial charge in [-0.25, -0.2) is 4.79 Å². The lowest BCUT2D eigenvalue weighted by molar-refractivity contribution is 0.131. The SMILES string of the molecule is O=C(NCc1cccc2cccnc12)N1CCCCC1CCO. The molecule has 0 aliphatic carbocycles. The number of benzene rings is 1. The molecule has 5 heteroatoms. The Morgan fingerprint density at radius 3 is 3.04 bits per heavy atom. The Kier molecular flexibility index (Phi) is 5.08. The van der Waals surface area contributed by atoms with Gasteiger partial charge in [0.25, 0.3) is 0 Å². The summed E-state index contributed by atoms with van der Waals surface area (Å²) in [6.45, 7) is 1.36. The average molecular weight is 313 g/mol. The highest BCUT2D eigenvalue weighted by atomic mass is 16.3. The minimum absolute atomic E-state index is 0.0453. The van der Waals surface area contributed by atoms with Crippen molar-refractivity contribution in [3.05, 3.63) is 42.1 Å². The Morgan fingerprint density at radius 2 is 2.17 bits per heavy atom. The number of likely N-dealkylation sites (tertiary alicyclic amines) is 1. The quantitative estimate of drug-likeness (QED) is 0.912. The van der Waals surface area contributed by atoms with Crippen molar-refractivity contribution < 1.29 is 9.90 Å². The summed E-state index contributed by atoms with van der Waals surface area (Å²) in [5.41, 5.74) is 1.95. The van der Waals surface area contributed by atoms with Crippen molar-refractivity contribution in [1.82, 2.24) is 15.2 Å². The molecule has 1 fully saturated rings. The van der Waals surface area contributed by atoms with Gasteiger partial charge in [0.2, 0.25) is 0 Å². The molecule has 5 nitrogen and oxygen atoms in total. The molecule has 1 saturated heterocycles. The van der Waals surface area contributed by atoms with Crippen LogP contribution < -0.4 is 5.32 Å². The second-order valence-corrected chi connectivity index (χ2v) is 6.01. The molecule has 122 valence electrons. The number of aromatic nitrogens is 1. The molecular formula is C18H23N3O2. The maximum atomic E-state index is 12.5. The summed E-state index contributed by atoms with van der Waals surface area (Å²) in [6, 6.07) is 10.1. The Balaban J connectivity index is 1.68. The Morgan fingerprint density at radius 1 is 1.30 bits per heavy atom. The lowest BCUT2D eigenvalue weighted by atomic mass is 10.00. The largest absolute Gasteiger partial charge is 0.396 e. The molecule has 23 heavy (non-hydrogen) atoms. The van der Waals surface area contributed by atoms with E-state index in [4.69, 9.17) is 0 Å². The van der Waals surface area contributed by atoms with Gasteiger partial charge in [-0.05, 0) is 37.3 Å². The van der Waals surface area contributed by atoms with Crippen LogP contribution in [-0.4, -0.2) is 40.2 Å². The highest BCUT2D eigenvalue weighted by molar-refractivity contribution is 5.82. The van der Waals surface area contributed by atoms with E-state index in [1.165, 1.54) is 0 Å². The fourth-order valence-electron chi connectivity index (χ4n) is 3.30. The Labute approximate surface area is 136 Å². The maximum Gasteiger partial charge on any atom is 0.317 e. The number of pyridine rings is 1. The summed E-state index contributed by atoms with van der Waals surface area (Å²) in [6.07, 6.45) is 5.56. The van der Waals surface area contributed by atoms with Crippen LogP contribution in [0.4, 0.5) is 4.79 Å². The van der Waals surface area contributed by atoms with Crippen molar-refractivity contribution in [3.63, 3.8) is 0 Å². The maximum absolute atomic E-state index is 12.5. The van der Waals surface area contributed by atoms with Crippen LogP contribution in [0.15, 0.2) is 36.5 Å². The molecule has 1 unspecified atom stereocenters. The second-order valence-electron chi connectivity index (χ2n) is 6.01. The number of hydrogen-bond donors (Lipinski definition) is 2. The smallest absolute Gasteiger partial charge is 0.317 e. The van der Waals surface area contributed by atoms with Crippen LogP contribution in [0.5, 0.6) is 0 Å². The molecule has 0 bridgehead atoms. The number of amides is 2. The van der Waals surface area contributed by atoms with Gasteiger partial charge in [-0.1, -0.05) is 24.3 Å². The number of hydrogen-bond acceptors (Lipinski definition) is 3. The summed E-state index contributed by atoms with van der Waals surface area (Å²) in [5.74, 6) is 0. The summed E-state index contributed by atoms with van der Waals surface area (Å²) in [7, 11) is 0. The van der Waals surface area contributed by atoms with Crippen LogP contribution >= 0.6 is 0 Å². The molecule has 1 aromatic carbocycles. The Hall–Kier alpha value is -2.14. The lowest BCUT2D eigenvalue weighted by Gasteiger charge is -2.35. The minimum Gasteiger partial charge on any atom is -0.396 e. The number of fused-ring (bicyclic) bond motifs is 1. The molecule has 0 radical (unpaired) electrons. The highest BCUT2D eigenvalue weighted by Crippen LogP contribution is 2.20. The number of aliphatic hydroxyl groups excluding tert-OH is 1. The zero-order valence-electron chi connectivity index (χ0n) is 13.2. The van der Waals surface area contributed by atoms with Gasteiger partial charge in [-0.15, -0.1) is 0 Å². The first-order chi connectivity index (χ1) is 11.3. The van der Waals surface area contributed by atoms with Gasteiger partial charge < -0.3 is 15.3 Å². The topological polar surface area (TPSA) is 65.5 Å². The first-order valence-corrected chi connectivity index (χ1v) is 8.27. The third kappa shape index (κ3) is 3.62. The standard InChI is InChI=1S/C18H23N3O2/c22-12-9-16-8-1-2-11-21(16)18(23)20-13-15-6-3-5-14-7-4-10-19-17(14)15/h3-7,10,16,22H,1-2,8-9,11-13H2,(H,20,23). The molecule has 2 heterocycles. The zero-order chi connectivity index (χ0) is 16.1. The Bertz CT molecular complexity index is 667. The van der Waals surface area contributed by atoms with E-state index in [-0.39, 0.29) is 18.7 Å². The van der Waals surface area contributed by atoms with Crippen molar-refractivity contribution in [2.75, 3.05) is 13.2 Å². The lowest BCUT2D eigenvalue weighted by Crippen LogP contribution is -2.48. The first kappa shape index (κ1) is 15.7. The fraction of sp³-hybridized carbons (Fsp3) is 0.444. The molecule has 1 aliphatic heterocycles. The molecule has 1 atom stereocenters. The highest BCUT2D eigenvalue weighted by Gasteiger charge is 2.25. The third-order valence-corrected chi connectivity index (χ3v) is 4.50. The van der Waals surface area contributed by atoms with Gasteiger partial charge >= 0.3 is 6.03 Å². The number of aliphatic hydroxyl groups is 1. The van der Waals surface area contributed by atoms with Crippen LogP contribution in [-0.2, 0) is 6.54 Å². The molecule has 2 amide bonds. The number of nitrogens with zero attached hydrogens (tertiary/aromatic N) is 2. The molecule has 2 N–H and O–H groups in total. The van der Waals surface area contributed by atoms with E-state index in [0.29, 0.717) is 13.0 Å². The van der Waals surface area contributed by atoms with Gasteiger partial charge in [0.05, 0.1) is 5.52 Å². The number of piperidine rings is 1. The van der Waals surface area contributed by atoms with Crippen molar-refractivity contribution in [1.29, 1.82) is 0 Å². The summed E-state index contributed by atoms with van der Waals surface area (Å²) >= 11 is 0. The fourth-order valence-corrected chi connectivity index (χ4v) is 3.30. The zero-order valence-corrected chi connectivity index (χ0v) is 13.2. The van der Waals surface area contributed by atoms with E-state index in [1.54, 1.807) is 6.20 Å².